The minimum absolute atomic E-state index is 0.0948. The second kappa shape index (κ2) is 6.66. The Bertz CT molecular complexity index is 981. The molecular weight excluding hydrogens is 336 g/mol. The summed E-state index contributed by atoms with van der Waals surface area (Å²) in [5.41, 5.74) is 1.55. The van der Waals surface area contributed by atoms with Crippen LogP contribution in [0.5, 0.6) is 0 Å². The second-order valence-corrected chi connectivity index (χ2v) is 6.40. The number of rotatable bonds is 2. The normalized spacial score (nSPS) is 26.1. The highest BCUT2D eigenvalue weighted by Crippen LogP contribution is 2.31. The van der Waals surface area contributed by atoms with Crippen LogP contribution in [-0.2, 0) is 4.74 Å². The zero-order valence-electron chi connectivity index (χ0n) is 13.8. The van der Waals surface area contributed by atoms with Crippen LogP contribution >= 0.6 is 0 Å². The molecule has 6 nitrogen and oxygen atoms in total. The van der Waals surface area contributed by atoms with Gasteiger partial charge in [-0.2, -0.15) is 0 Å². The highest BCUT2D eigenvalue weighted by molar-refractivity contribution is 5.79. The van der Waals surface area contributed by atoms with Crippen molar-refractivity contribution >= 4 is 11.0 Å². The van der Waals surface area contributed by atoms with E-state index in [0.29, 0.717) is 22.3 Å². The van der Waals surface area contributed by atoms with Crippen LogP contribution in [0, 0.1) is 0 Å². The largest absolute Gasteiger partial charge is 0.456 e. The standard InChI is InChI=1S/C20H18O6/c21-14-9-17(11-4-2-1-3-5-11)26-16-7-6-12(8-13(14)16)20-19(24)18(23)15(22)10-25-20/h1-9,15,18-20,22-24H,10H2/t15-,18-,19+,20?/m1/s1. The number of fused-ring (bicyclic) bond motifs is 1. The molecule has 4 atom stereocenters. The lowest BCUT2D eigenvalue weighted by molar-refractivity contribution is -0.189. The van der Waals surface area contributed by atoms with Crippen molar-refractivity contribution in [1.82, 2.24) is 0 Å². The zero-order chi connectivity index (χ0) is 18.3. The fourth-order valence-corrected chi connectivity index (χ4v) is 3.20. The first-order valence-corrected chi connectivity index (χ1v) is 8.33. The summed E-state index contributed by atoms with van der Waals surface area (Å²) in [5, 5.41) is 29.9. The van der Waals surface area contributed by atoms with Gasteiger partial charge < -0.3 is 24.5 Å². The molecule has 0 aliphatic carbocycles. The van der Waals surface area contributed by atoms with E-state index >= 15 is 0 Å². The maximum atomic E-state index is 12.6. The minimum atomic E-state index is -1.30. The van der Waals surface area contributed by atoms with E-state index in [0.717, 1.165) is 5.56 Å². The third-order valence-electron chi connectivity index (χ3n) is 4.64. The van der Waals surface area contributed by atoms with Crippen molar-refractivity contribution in [1.29, 1.82) is 0 Å². The number of ether oxygens (including phenoxy) is 1. The van der Waals surface area contributed by atoms with E-state index in [9.17, 15) is 20.1 Å². The van der Waals surface area contributed by atoms with Crippen LogP contribution in [0.1, 0.15) is 11.7 Å². The van der Waals surface area contributed by atoms with Crippen molar-refractivity contribution < 1.29 is 24.5 Å². The fourth-order valence-electron chi connectivity index (χ4n) is 3.20. The molecule has 1 saturated heterocycles. The molecule has 0 saturated carbocycles. The third-order valence-corrected chi connectivity index (χ3v) is 4.64. The average molecular weight is 354 g/mol. The summed E-state index contributed by atoms with van der Waals surface area (Å²) in [6, 6.07) is 15.7. The fraction of sp³-hybridized carbons (Fsp3) is 0.250. The molecular formula is C20H18O6. The van der Waals surface area contributed by atoms with Crippen LogP contribution in [0.25, 0.3) is 22.3 Å². The Labute approximate surface area is 148 Å². The molecule has 1 fully saturated rings. The molecule has 6 heteroatoms. The van der Waals surface area contributed by atoms with Crippen LogP contribution in [-0.4, -0.2) is 40.2 Å². The highest BCUT2D eigenvalue weighted by Gasteiger charge is 2.38. The molecule has 0 radical (unpaired) electrons. The molecule has 1 aromatic heterocycles. The molecule has 134 valence electrons. The van der Waals surface area contributed by atoms with Crippen LogP contribution in [0.3, 0.4) is 0 Å². The van der Waals surface area contributed by atoms with Crippen LogP contribution in [0.2, 0.25) is 0 Å². The molecule has 0 spiro atoms. The Morgan fingerprint density at radius 3 is 2.46 bits per heavy atom. The predicted octanol–water partition coefficient (Wildman–Crippen LogP) is 1.61. The molecule has 0 bridgehead atoms. The quantitative estimate of drug-likeness (QED) is 0.647. The van der Waals surface area contributed by atoms with Gasteiger partial charge >= 0.3 is 0 Å². The Morgan fingerprint density at radius 2 is 1.69 bits per heavy atom. The first-order valence-electron chi connectivity index (χ1n) is 8.33. The molecule has 1 aliphatic rings. The van der Waals surface area contributed by atoms with E-state index in [1.807, 2.05) is 30.3 Å². The predicted molar refractivity (Wildman–Crippen MR) is 94.6 cm³/mol. The van der Waals surface area contributed by atoms with Crippen molar-refractivity contribution in [3.63, 3.8) is 0 Å². The molecule has 0 amide bonds. The van der Waals surface area contributed by atoms with Gasteiger partial charge in [0.05, 0.1) is 12.0 Å². The van der Waals surface area contributed by atoms with E-state index < -0.39 is 24.4 Å². The minimum Gasteiger partial charge on any atom is -0.456 e. The first-order chi connectivity index (χ1) is 12.5. The zero-order valence-corrected chi connectivity index (χ0v) is 13.8. The van der Waals surface area contributed by atoms with Crippen molar-refractivity contribution in [3.05, 3.63) is 70.4 Å². The van der Waals surface area contributed by atoms with E-state index in [1.54, 1.807) is 18.2 Å². The Balaban J connectivity index is 1.75. The molecule has 1 aliphatic heterocycles. The van der Waals surface area contributed by atoms with Gasteiger partial charge in [-0.1, -0.05) is 36.4 Å². The molecule has 4 rings (SSSR count). The summed E-state index contributed by atoms with van der Waals surface area (Å²) in [5.74, 6) is 0.475. The highest BCUT2D eigenvalue weighted by atomic mass is 16.5. The van der Waals surface area contributed by atoms with Gasteiger partial charge in [0.25, 0.3) is 0 Å². The van der Waals surface area contributed by atoms with Crippen LogP contribution in [0.15, 0.2) is 63.8 Å². The SMILES string of the molecule is O=c1cc(-c2ccccc2)oc2ccc(C3OC[C@@H](O)[C@@H](O)[C@@H]3O)cc12. The lowest BCUT2D eigenvalue weighted by atomic mass is 9.94. The van der Waals surface area contributed by atoms with Gasteiger partial charge in [0.1, 0.15) is 35.8 Å². The Hall–Kier alpha value is -2.51. The molecule has 2 aromatic carbocycles. The number of benzene rings is 2. The van der Waals surface area contributed by atoms with Crippen molar-refractivity contribution in [2.75, 3.05) is 6.61 Å². The molecule has 2 heterocycles. The van der Waals surface area contributed by atoms with Crippen molar-refractivity contribution in [2.24, 2.45) is 0 Å². The van der Waals surface area contributed by atoms with Crippen LogP contribution < -0.4 is 5.43 Å². The summed E-state index contributed by atoms with van der Waals surface area (Å²) in [4.78, 5) is 12.6. The van der Waals surface area contributed by atoms with E-state index in [2.05, 4.69) is 0 Å². The molecule has 3 aromatic rings. The second-order valence-electron chi connectivity index (χ2n) is 6.40. The average Bonchev–Trinajstić information content (AvgIpc) is 2.67. The third kappa shape index (κ3) is 2.93. The maximum Gasteiger partial charge on any atom is 0.193 e. The van der Waals surface area contributed by atoms with Crippen molar-refractivity contribution in [3.8, 4) is 11.3 Å². The summed E-state index contributed by atoms with van der Waals surface area (Å²) in [6.45, 7) is -0.0948. The van der Waals surface area contributed by atoms with E-state index in [-0.39, 0.29) is 12.0 Å². The van der Waals surface area contributed by atoms with Gasteiger partial charge in [-0.05, 0) is 17.7 Å². The Morgan fingerprint density at radius 1 is 0.923 bits per heavy atom. The Kier molecular flexibility index (Phi) is 4.34. The lowest BCUT2D eigenvalue weighted by Gasteiger charge is -2.35. The summed E-state index contributed by atoms with van der Waals surface area (Å²) >= 11 is 0. The maximum absolute atomic E-state index is 12.6. The van der Waals surface area contributed by atoms with Gasteiger partial charge in [-0.3, -0.25) is 4.79 Å². The van der Waals surface area contributed by atoms with Gasteiger partial charge in [-0.25, -0.2) is 0 Å². The van der Waals surface area contributed by atoms with Gasteiger partial charge in [0.2, 0.25) is 0 Å². The summed E-state index contributed by atoms with van der Waals surface area (Å²) in [7, 11) is 0. The van der Waals surface area contributed by atoms with Crippen LogP contribution in [0.4, 0.5) is 0 Å². The van der Waals surface area contributed by atoms with E-state index in [4.69, 9.17) is 9.15 Å². The van der Waals surface area contributed by atoms with E-state index in [1.165, 1.54) is 6.07 Å². The number of hydrogen-bond acceptors (Lipinski definition) is 6. The first kappa shape index (κ1) is 16.9. The number of aliphatic hydroxyl groups is 3. The topological polar surface area (TPSA) is 100 Å². The van der Waals surface area contributed by atoms with Gasteiger partial charge in [0.15, 0.2) is 5.43 Å². The van der Waals surface area contributed by atoms with Gasteiger partial charge in [-0.15, -0.1) is 0 Å². The lowest BCUT2D eigenvalue weighted by Crippen LogP contribution is -2.49. The summed E-state index contributed by atoms with van der Waals surface area (Å²) in [6.07, 6.45) is -4.56. The van der Waals surface area contributed by atoms with Crippen molar-refractivity contribution in [2.45, 2.75) is 24.4 Å². The number of aliphatic hydroxyl groups excluding tert-OH is 3. The molecule has 26 heavy (non-hydrogen) atoms. The summed E-state index contributed by atoms with van der Waals surface area (Å²) < 4.78 is 11.3. The molecule has 1 unspecified atom stereocenters. The van der Waals surface area contributed by atoms with Gasteiger partial charge in [0, 0.05) is 11.6 Å². The monoisotopic (exact) mass is 354 g/mol. The molecule has 3 N–H and O–H groups in total. The number of hydrogen-bond donors (Lipinski definition) is 3. The smallest absolute Gasteiger partial charge is 0.193 e.